The molecule has 5 N–H and O–H groups in total. The highest BCUT2D eigenvalue weighted by Gasteiger charge is 2.63. The minimum atomic E-state index is -1.19. The van der Waals surface area contributed by atoms with Crippen molar-refractivity contribution in [2.75, 3.05) is 5.73 Å². The first-order valence-corrected chi connectivity index (χ1v) is 6.69. The summed E-state index contributed by atoms with van der Waals surface area (Å²) in [6.07, 6.45) is -0.266. The zero-order valence-corrected chi connectivity index (χ0v) is 11.0. The Bertz CT molecular complexity index is 706. The maximum absolute atomic E-state index is 10.3. The quantitative estimate of drug-likeness (QED) is 0.501. The molecule has 1 saturated heterocycles. The maximum Gasteiger partial charge on any atom is 0.167 e. The highest BCUT2D eigenvalue weighted by molar-refractivity contribution is 5.81. The maximum atomic E-state index is 10.3. The van der Waals surface area contributed by atoms with Crippen LogP contribution in [0.5, 0.6) is 0 Å². The summed E-state index contributed by atoms with van der Waals surface area (Å²) >= 11 is 0. The third kappa shape index (κ3) is 1.51. The lowest BCUT2D eigenvalue weighted by Crippen LogP contribution is -2.59. The molecular weight excluding hydrogens is 278 g/mol. The fourth-order valence-corrected chi connectivity index (χ4v) is 3.13. The van der Waals surface area contributed by atoms with Crippen molar-refractivity contribution < 1.29 is 20.1 Å². The summed E-state index contributed by atoms with van der Waals surface area (Å²) in [4.78, 5) is 12.0. The van der Waals surface area contributed by atoms with E-state index < -0.39 is 30.1 Å². The van der Waals surface area contributed by atoms with Crippen LogP contribution in [0.4, 0.5) is 5.82 Å². The second-order valence-corrected chi connectivity index (χ2v) is 5.54. The highest BCUT2D eigenvalue weighted by Crippen LogP contribution is 2.49. The highest BCUT2D eigenvalue weighted by atomic mass is 16.6. The van der Waals surface area contributed by atoms with Gasteiger partial charge in [-0.2, -0.15) is 0 Å². The summed E-state index contributed by atoms with van der Waals surface area (Å²) in [5, 5.41) is 30.4. The van der Waals surface area contributed by atoms with Crippen molar-refractivity contribution in [1.82, 2.24) is 19.5 Å². The van der Waals surface area contributed by atoms with Crippen LogP contribution in [-0.2, 0) is 4.74 Å². The summed E-state index contributed by atoms with van der Waals surface area (Å²) in [5.74, 6) is 0.227. The Morgan fingerprint density at radius 1 is 1.29 bits per heavy atom. The summed E-state index contributed by atoms with van der Waals surface area (Å²) in [6, 6.07) is 0. The number of rotatable bonds is 1. The van der Waals surface area contributed by atoms with Gasteiger partial charge in [-0.1, -0.05) is 0 Å². The molecule has 2 fully saturated rings. The van der Waals surface area contributed by atoms with Gasteiger partial charge in [-0.3, -0.25) is 4.57 Å². The number of nitrogen functional groups attached to an aromatic ring is 1. The third-order valence-corrected chi connectivity index (χ3v) is 4.49. The van der Waals surface area contributed by atoms with Crippen LogP contribution in [-0.4, -0.2) is 58.8 Å². The fraction of sp³-hybridized carbons (Fsp3) is 0.583. The van der Waals surface area contributed by atoms with Crippen molar-refractivity contribution in [2.24, 2.45) is 0 Å². The van der Waals surface area contributed by atoms with Crippen LogP contribution in [0.2, 0.25) is 0 Å². The Labute approximate surface area is 119 Å². The minimum Gasteiger partial charge on any atom is -0.390 e. The second kappa shape index (κ2) is 4.10. The number of hydrogen-bond acceptors (Lipinski definition) is 8. The van der Waals surface area contributed by atoms with E-state index in [1.807, 2.05) is 0 Å². The summed E-state index contributed by atoms with van der Waals surface area (Å²) < 4.78 is 7.29. The molecule has 9 heteroatoms. The predicted octanol–water partition coefficient (Wildman–Crippen LogP) is -1.45. The molecule has 0 bridgehead atoms. The predicted molar refractivity (Wildman–Crippen MR) is 69.8 cm³/mol. The van der Waals surface area contributed by atoms with Crippen LogP contribution in [0.15, 0.2) is 12.7 Å². The van der Waals surface area contributed by atoms with Gasteiger partial charge >= 0.3 is 0 Å². The molecule has 2 aliphatic rings. The molecule has 2 aromatic heterocycles. The molecule has 0 amide bonds. The van der Waals surface area contributed by atoms with Gasteiger partial charge in [0.15, 0.2) is 17.7 Å². The smallest absolute Gasteiger partial charge is 0.167 e. The minimum absolute atomic E-state index is 0.227. The zero-order chi connectivity index (χ0) is 14.8. The number of aliphatic hydroxyl groups is 3. The molecule has 3 heterocycles. The van der Waals surface area contributed by atoms with Gasteiger partial charge in [0.1, 0.15) is 29.7 Å². The lowest BCUT2D eigenvalue weighted by atomic mass is 9.73. The van der Waals surface area contributed by atoms with Crippen molar-refractivity contribution >= 4 is 17.0 Å². The fourth-order valence-electron chi connectivity index (χ4n) is 3.13. The van der Waals surface area contributed by atoms with Crippen LogP contribution in [0.3, 0.4) is 0 Å². The van der Waals surface area contributed by atoms with Gasteiger partial charge in [0.25, 0.3) is 0 Å². The lowest BCUT2D eigenvalue weighted by Gasteiger charge is -2.44. The van der Waals surface area contributed by atoms with Crippen molar-refractivity contribution in [1.29, 1.82) is 0 Å². The first-order chi connectivity index (χ1) is 10.0. The number of aliphatic hydroxyl groups excluding tert-OH is 3. The SMILES string of the molecule is Nc1ncnc2c1ncn2[C@@H]1O[C@@]2(CC[C@H]2O)[C@H](O)C1O. The van der Waals surface area contributed by atoms with E-state index in [1.165, 1.54) is 17.2 Å². The Morgan fingerprint density at radius 3 is 2.71 bits per heavy atom. The van der Waals surface area contributed by atoms with Gasteiger partial charge in [-0.25, -0.2) is 15.0 Å². The molecule has 1 spiro atoms. The van der Waals surface area contributed by atoms with Gasteiger partial charge in [-0.15, -0.1) is 0 Å². The Hall–Kier alpha value is -1.81. The molecule has 0 radical (unpaired) electrons. The number of nitrogens with zero attached hydrogens (tertiary/aromatic N) is 4. The second-order valence-electron chi connectivity index (χ2n) is 5.54. The van der Waals surface area contributed by atoms with Crippen molar-refractivity contribution in [3.63, 3.8) is 0 Å². The Morgan fingerprint density at radius 2 is 2.10 bits per heavy atom. The van der Waals surface area contributed by atoms with Crippen molar-refractivity contribution in [3.8, 4) is 0 Å². The zero-order valence-electron chi connectivity index (χ0n) is 11.0. The first-order valence-electron chi connectivity index (χ1n) is 6.69. The first kappa shape index (κ1) is 12.9. The average molecular weight is 293 g/mol. The van der Waals surface area contributed by atoms with Crippen LogP contribution in [0.1, 0.15) is 19.1 Å². The molecule has 4 rings (SSSR count). The average Bonchev–Trinajstić information content (AvgIpc) is 3.01. The van der Waals surface area contributed by atoms with E-state index >= 15 is 0 Å². The molecule has 1 unspecified atom stereocenters. The molecule has 21 heavy (non-hydrogen) atoms. The molecule has 112 valence electrons. The van der Waals surface area contributed by atoms with Crippen LogP contribution in [0.25, 0.3) is 11.2 Å². The molecule has 1 aliphatic heterocycles. The monoisotopic (exact) mass is 293 g/mol. The van der Waals surface area contributed by atoms with E-state index in [4.69, 9.17) is 10.5 Å². The van der Waals surface area contributed by atoms with E-state index in [2.05, 4.69) is 15.0 Å². The molecule has 1 aliphatic carbocycles. The molecular formula is C12H15N5O4. The number of nitrogens with two attached hydrogens (primary N) is 1. The normalized spacial score (nSPS) is 39.0. The molecule has 0 aromatic carbocycles. The topological polar surface area (TPSA) is 140 Å². The Kier molecular flexibility index (Phi) is 2.52. The van der Waals surface area contributed by atoms with E-state index in [9.17, 15) is 15.3 Å². The standard InChI is InChI=1S/C12H15N5O4/c13-9-6-10(15-3-14-9)17(4-16-6)11-7(19)8(20)12(21-11)2-1-5(12)18/h3-5,7-8,11,18-20H,1-2H2,(H2,13,14,15)/t5-,7?,8-,11-,12-/m1/s1. The summed E-state index contributed by atoms with van der Waals surface area (Å²) in [6.45, 7) is 0. The van der Waals surface area contributed by atoms with Crippen molar-refractivity contribution in [2.45, 2.75) is 43.0 Å². The Balaban J connectivity index is 1.78. The summed E-state index contributed by atoms with van der Waals surface area (Å²) in [7, 11) is 0. The number of hydrogen-bond donors (Lipinski definition) is 4. The number of anilines is 1. The van der Waals surface area contributed by atoms with Crippen LogP contribution < -0.4 is 5.73 Å². The van der Waals surface area contributed by atoms with E-state index in [0.29, 0.717) is 24.0 Å². The van der Waals surface area contributed by atoms with Gasteiger partial charge in [-0.05, 0) is 12.8 Å². The third-order valence-electron chi connectivity index (χ3n) is 4.49. The van der Waals surface area contributed by atoms with E-state index in [-0.39, 0.29) is 5.82 Å². The van der Waals surface area contributed by atoms with E-state index in [0.717, 1.165) is 0 Å². The van der Waals surface area contributed by atoms with Crippen LogP contribution >= 0.6 is 0 Å². The molecule has 1 saturated carbocycles. The molecule has 5 atom stereocenters. The number of imidazole rings is 1. The lowest BCUT2D eigenvalue weighted by molar-refractivity contribution is -0.213. The summed E-state index contributed by atoms with van der Waals surface area (Å²) in [5.41, 5.74) is 5.42. The largest absolute Gasteiger partial charge is 0.390 e. The van der Waals surface area contributed by atoms with Gasteiger partial charge in [0.05, 0.1) is 12.4 Å². The number of ether oxygens (including phenoxy) is 1. The van der Waals surface area contributed by atoms with Gasteiger partial charge < -0.3 is 25.8 Å². The van der Waals surface area contributed by atoms with Crippen molar-refractivity contribution in [3.05, 3.63) is 12.7 Å². The van der Waals surface area contributed by atoms with Gasteiger partial charge in [0, 0.05) is 0 Å². The van der Waals surface area contributed by atoms with Crippen LogP contribution in [0, 0.1) is 0 Å². The van der Waals surface area contributed by atoms with E-state index in [1.54, 1.807) is 0 Å². The van der Waals surface area contributed by atoms with Gasteiger partial charge in [0.2, 0.25) is 0 Å². The number of fused-ring (bicyclic) bond motifs is 1. The number of aromatic nitrogens is 4. The molecule has 2 aromatic rings. The molecule has 9 nitrogen and oxygen atoms in total.